The smallest absolute Gasteiger partial charge is 0.189 e. The second kappa shape index (κ2) is 12.5. The number of carbonyl (C=O) groups excluding carboxylic acids is 1. The molecule has 2 heteroatoms. The lowest BCUT2D eigenvalue weighted by Gasteiger charge is -2.58. The van der Waals surface area contributed by atoms with Crippen molar-refractivity contribution in [3.05, 3.63) is 11.6 Å². The van der Waals surface area contributed by atoms with Gasteiger partial charge in [0.15, 0.2) is 5.12 Å². The van der Waals surface area contributed by atoms with Gasteiger partial charge in [0.05, 0.1) is 0 Å². The van der Waals surface area contributed by atoms with Gasteiger partial charge in [0.1, 0.15) is 0 Å². The molecule has 5 aliphatic rings. The summed E-state index contributed by atoms with van der Waals surface area (Å²) in [4.78, 5) is 12.9. The normalized spacial score (nSPS) is 40.0. The second-order valence-electron chi connectivity index (χ2n) is 14.7. The lowest BCUT2D eigenvalue weighted by molar-refractivity contribution is -0.112. The van der Waals surface area contributed by atoms with Crippen molar-refractivity contribution in [2.45, 2.75) is 161 Å². The molecular weight excluding hydrogens is 468 g/mol. The van der Waals surface area contributed by atoms with Gasteiger partial charge in [0.25, 0.3) is 0 Å². The minimum absolute atomic E-state index is 0.422. The third-order valence-corrected chi connectivity index (χ3v) is 13.8. The van der Waals surface area contributed by atoms with Crippen molar-refractivity contribution in [2.24, 2.45) is 40.4 Å². The van der Waals surface area contributed by atoms with E-state index in [1.807, 2.05) is 0 Å². The SMILES string of the molecule is CCCCCCCC[C@H]1CC[C@H]2[C@@H]3CC=C4C[C@@H](SC(=O)CC5CCCCC5)CC[C@]4(C)[C@H]3CC[C@]12C. The first-order chi connectivity index (χ1) is 17.9. The second-order valence-corrected chi connectivity index (χ2v) is 16.1. The van der Waals surface area contributed by atoms with Gasteiger partial charge < -0.3 is 0 Å². The van der Waals surface area contributed by atoms with Crippen molar-refractivity contribution in [1.29, 1.82) is 0 Å². The van der Waals surface area contributed by atoms with Gasteiger partial charge in [0, 0.05) is 11.7 Å². The number of fused-ring (bicyclic) bond motifs is 5. The van der Waals surface area contributed by atoms with Gasteiger partial charge in [-0.1, -0.05) is 102 Å². The van der Waals surface area contributed by atoms with Gasteiger partial charge in [-0.25, -0.2) is 0 Å². The molecule has 0 heterocycles. The van der Waals surface area contributed by atoms with Crippen LogP contribution in [0.1, 0.15) is 156 Å². The highest BCUT2D eigenvalue weighted by atomic mass is 32.2. The highest BCUT2D eigenvalue weighted by Gasteiger charge is 2.58. The molecule has 1 nitrogen and oxygen atoms in total. The maximum atomic E-state index is 12.9. The van der Waals surface area contributed by atoms with E-state index in [0.29, 0.717) is 27.1 Å². The number of rotatable bonds is 10. The average Bonchev–Trinajstić information content (AvgIpc) is 3.23. The molecule has 7 atom stereocenters. The Morgan fingerprint density at radius 2 is 1.68 bits per heavy atom. The van der Waals surface area contributed by atoms with Gasteiger partial charge in [0.2, 0.25) is 0 Å². The molecule has 37 heavy (non-hydrogen) atoms. The Balaban J connectivity index is 1.16. The Labute approximate surface area is 234 Å². The molecule has 0 aromatic rings. The lowest BCUT2D eigenvalue weighted by Crippen LogP contribution is -2.50. The molecule has 0 spiro atoms. The molecule has 0 amide bonds. The van der Waals surface area contributed by atoms with Crippen molar-refractivity contribution in [1.82, 2.24) is 0 Å². The number of hydrogen-bond donors (Lipinski definition) is 0. The van der Waals surface area contributed by atoms with Crippen LogP contribution < -0.4 is 0 Å². The number of hydrogen-bond acceptors (Lipinski definition) is 2. The van der Waals surface area contributed by atoms with Crippen LogP contribution in [0.4, 0.5) is 0 Å². The van der Waals surface area contributed by atoms with Gasteiger partial charge in [-0.15, -0.1) is 0 Å². The predicted molar refractivity (Wildman–Crippen MR) is 161 cm³/mol. The quantitative estimate of drug-likeness (QED) is 0.208. The summed E-state index contributed by atoms with van der Waals surface area (Å²) in [5.74, 6) is 4.48. The first kappa shape index (κ1) is 28.3. The van der Waals surface area contributed by atoms with Crippen LogP contribution in [0, 0.1) is 40.4 Å². The molecule has 0 saturated heterocycles. The van der Waals surface area contributed by atoms with Crippen molar-refractivity contribution in [2.75, 3.05) is 0 Å². The Bertz CT molecular complexity index is 795. The van der Waals surface area contributed by atoms with Crippen LogP contribution in [0.15, 0.2) is 11.6 Å². The first-order valence-electron chi connectivity index (χ1n) is 16.8. The molecule has 0 radical (unpaired) electrons. The fourth-order valence-electron chi connectivity index (χ4n) is 10.3. The average molecular weight is 527 g/mol. The Morgan fingerprint density at radius 1 is 0.892 bits per heavy atom. The molecular formula is C35H58OS. The van der Waals surface area contributed by atoms with Crippen LogP contribution in [0.5, 0.6) is 0 Å². The zero-order chi connectivity index (χ0) is 25.9. The molecule has 5 rings (SSSR count). The fourth-order valence-corrected chi connectivity index (χ4v) is 11.5. The number of unbranched alkanes of at least 4 members (excludes halogenated alkanes) is 5. The summed E-state index contributed by atoms with van der Waals surface area (Å²) in [5, 5.41) is 1.06. The van der Waals surface area contributed by atoms with Crippen LogP contribution >= 0.6 is 11.8 Å². The van der Waals surface area contributed by atoms with Gasteiger partial charge in [-0.3, -0.25) is 4.79 Å². The van der Waals surface area contributed by atoms with Gasteiger partial charge in [-0.2, -0.15) is 0 Å². The first-order valence-corrected chi connectivity index (χ1v) is 17.7. The third-order valence-electron chi connectivity index (χ3n) is 12.6. The zero-order valence-corrected chi connectivity index (χ0v) is 25.5. The highest BCUT2D eigenvalue weighted by Crippen LogP contribution is 2.67. The summed E-state index contributed by atoms with van der Waals surface area (Å²) in [6.07, 6.45) is 31.5. The van der Waals surface area contributed by atoms with E-state index in [-0.39, 0.29) is 0 Å². The van der Waals surface area contributed by atoms with Gasteiger partial charge >= 0.3 is 0 Å². The Morgan fingerprint density at radius 3 is 2.49 bits per heavy atom. The fraction of sp³-hybridized carbons (Fsp3) is 0.914. The van der Waals surface area contributed by atoms with Crippen LogP contribution in [0.25, 0.3) is 0 Å². The molecule has 210 valence electrons. The molecule has 0 unspecified atom stereocenters. The van der Waals surface area contributed by atoms with E-state index in [1.54, 1.807) is 17.3 Å². The van der Waals surface area contributed by atoms with Crippen molar-refractivity contribution in [3.63, 3.8) is 0 Å². The van der Waals surface area contributed by atoms with E-state index in [1.165, 1.54) is 128 Å². The third kappa shape index (κ3) is 6.10. The lowest BCUT2D eigenvalue weighted by atomic mass is 9.47. The maximum absolute atomic E-state index is 12.9. The molecule has 0 N–H and O–H groups in total. The van der Waals surface area contributed by atoms with Crippen LogP contribution in [-0.2, 0) is 4.79 Å². The molecule has 5 aliphatic carbocycles. The standard InChI is InChI=1S/C35H58OS/c1-4-5-6-7-8-12-15-27-17-19-31-30-18-16-28-25-29(37-33(36)24-26-13-10-9-11-14-26)20-22-35(28,3)32(30)21-23-34(27,31)2/h16,26-27,29-32H,4-15,17-25H2,1-3H3/t27-,29-,30-,31-,32-,34+,35-/m0/s1. The molecule has 4 saturated carbocycles. The van der Waals surface area contributed by atoms with Crippen LogP contribution in [0.3, 0.4) is 0 Å². The Kier molecular flexibility index (Phi) is 9.57. The van der Waals surface area contributed by atoms with Crippen LogP contribution in [-0.4, -0.2) is 10.4 Å². The number of carbonyl (C=O) groups is 1. The summed E-state index contributed by atoms with van der Waals surface area (Å²) >= 11 is 1.75. The Hall–Kier alpha value is -0.240. The van der Waals surface area contributed by atoms with Crippen molar-refractivity contribution >= 4 is 16.9 Å². The molecule has 0 bridgehead atoms. The van der Waals surface area contributed by atoms with E-state index < -0.39 is 0 Å². The largest absolute Gasteiger partial charge is 0.287 e. The predicted octanol–water partition coefficient (Wildman–Crippen LogP) is 10.9. The molecule has 4 fully saturated rings. The monoisotopic (exact) mass is 526 g/mol. The highest BCUT2D eigenvalue weighted by molar-refractivity contribution is 8.14. The number of allylic oxidation sites excluding steroid dienone is 2. The van der Waals surface area contributed by atoms with Gasteiger partial charge in [-0.05, 0) is 111 Å². The zero-order valence-electron chi connectivity index (χ0n) is 24.7. The molecule has 0 aliphatic heterocycles. The number of thioether (sulfide) groups is 1. The minimum Gasteiger partial charge on any atom is -0.287 e. The van der Waals surface area contributed by atoms with Crippen molar-refractivity contribution in [3.8, 4) is 0 Å². The summed E-state index contributed by atoms with van der Waals surface area (Å²) in [5.41, 5.74) is 2.80. The van der Waals surface area contributed by atoms with Crippen molar-refractivity contribution < 1.29 is 4.79 Å². The topological polar surface area (TPSA) is 17.1 Å². The summed E-state index contributed by atoms with van der Waals surface area (Å²) < 4.78 is 0. The summed E-state index contributed by atoms with van der Waals surface area (Å²) in [6.45, 7) is 7.69. The van der Waals surface area contributed by atoms with E-state index in [4.69, 9.17) is 0 Å². The van der Waals surface area contributed by atoms with Crippen LogP contribution in [0.2, 0.25) is 0 Å². The van der Waals surface area contributed by atoms with E-state index in [9.17, 15) is 4.79 Å². The van der Waals surface area contributed by atoms with E-state index >= 15 is 0 Å². The van der Waals surface area contributed by atoms with E-state index in [0.717, 1.165) is 30.1 Å². The maximum Gasteiger partial charge on any atom is 0.189 e. The molecule has 0 aromatic heterocycles. The molecule has 0 aromatic carbocycles. The summed E-state index contributed by atoms with van der Waals surface area (Å²) in [7, 11) is 0. The summed E-state index contributed by atoms with van der Waals surface area (Å²) in [6, 6.07) is 0. The minimum atomic E-state index is 0.422. The van der Waals surface area contributed by atoms with E-state index in [2.05, 4.69) is 26.8 Å².